The summed E-state index contributed by atoms with van der Waals surface area (Å²) in [4.78, 5) is -0.744. The van der Waals surface area contributed by atoms with Crippen LogP contribution in [-0.2, 0) is 22.5 Å². The van der Waals surface area contributed by atoms with E-state index in [1.54, 1.807) is 0 Å². The Morgan fingerprint density at radius 1 is 0.688 bits per heavy atom. The van der Waals surface area contributed by atoms with Gasteiger partial charge in [-0.1, -0.05) is 48.5 Å². The van der Waals surface area contributed by atoms with Crippen LogP contribution in [0.25, 0.3) is 0 Å². The average molecular weight is 500 g/mol. The molecular weight excluding hydrogens is 488 g/mol. The molecule has 3 aromatic rings. The Balaban J connectivity index is 0.00000363. The molecule has 0 bridgehead atoms. The van der Waals surface area contributed by atoms with Gasteiger partial charge in [-0.2, -0.15) is 26.3 Å². The van der Waals surface area contributed by atoms with Gasteiger partial charge in [0.2, 0.25) is 0 Å². The Morgan fingerprint density at radius 3 is 1.53 bits per heavy atom. The van der Waals surface area contributed by atoms with Crippen LogP contribution in [0.15, 0.2) is 77.7 Å². The number of alkyl halides is 6. The maximum absolute atomic E-state index is 13.7. The Morgan fingerprint density at radius 2 is 1.12 bits per heavy atom. The van der Waals surface area contributed by atoms with Gasteiger partial charge in [-0.25, -0.2) is 8.42 Å². The molecule has 0 aliphatic heterocycles. The molecular formula is C20H12F6NaO3PS. The summed E-state index contributed by atoms with van der Waals surface area (Å²) >= 11 is 0. The largest absolute Gasteiger partial charge is 1.00 e. The van der Waals surface area contributed by atoms with Gasteiger partial charge in [-0.05, 0) is 48.1 Å². The summed E-state index contributed by atoms with van der Waals surface area (Å²) in [5.74, 6) is 0. The first-order valence-electron chi connectivity index (χ1n) is 8.48. The molecule has 3 aromatic carbocycles. The SMILES string of the molecule is O=S(=O)([O-])c1cccc(P(c2ccccc2C(F)(F)F)c2ccccc2C(F)(F)F)c1.[Na+]. The van der Waals surface area contributed by atoms with E-state index in [-0.39, 0.29) is 34.9 Å². The number of benzene rings is 3. The maximum atomic E-state index is 13.7. The molecule has 0 saturated heterocycles. The molecule has 32 heavy (non-hydrogen) atoms. The van der Waals surface area contributed by atoms with Crippen LogP contribution in [-0.4, -0.2) is 13.0 Å². The van der Waals surface area contributed by atoms with E-state index in [1.165, 1.54) is 18.2 Å². The van der Waals surface area contributed by atoms with E-state index < -0.39 is 57.0 Å². The third kappa shape index (κ3) is 5.92. The molecule has 0 aliphatic rings. The second kappa shape index (κ2) is 9.83. The van der Waals surface area contributed by atoms with Gasteiger partial charge < -0.3 is 4.55 Å². The van der Waals surface area contributed by atoms with E-state index in [1.807, 2.05) is 0 Å². The number of hydrogen-bond donors (Lipinski definition) is 0. The molecule has 0 aromatic heterocycles. The molecule has 164 valence electrons. The zero-order valence-electron chi connectivity index (χ0n) is 16.3. The third-order valence-electron chi connectivity index (χ3n) is 4.27. The molecule has 3 nitrogen and oxygen atoms in total. The van der Waals surface area contributed by atoms with E-state index in [0.717, 1.165) is 54.6 Å². The molecule has 0 spiro atoms. The zero-order chi connectivity index (χ0) is 23.0. The first-order chi connectivity index (χ1) is 14.3. The van der Waals surface area contributed by atoms with E-state index in [0.29, 0.717) is 0 Å². The fourth-order valence-electron chi connectivity index (χ4n) is 3.00. The minimum Gasteiger partial charge on any atom is -0.744 e. The summed E-state index contributed by atoms with van der Waals surface area (Å²) in [6, 6.07) is 12.4. The third-order valence-corrected chi connectivity index (χ3v) is 7.63. The number of hydrogen-bond acceptors (Lipinski definition) is 3. The van der Waals surface area contributed by atoms with Crippen molar-refractivity contribution in [1.82, 2.24) is 0 Å². The Kier molecular flexibility index (Phi) is 8.24. The summed E-state index contributed by atoms with van der Waals surface area (Å²) in [6.45, 7) is 0. The molecule has 12 heteroatoms. The smallest absolute Gasteiger partial charge is 0.744 e. The van der Waals surface area contributed by atoms with Crippen molar-refractivity contribution in [2.75, 3.05) is 0 Å². The number of halogens is 6. The fraction of sp³-hybridized carbons (Fsp3) is 0.100. The van der Waals surface area contributed by atoms with Gasteiger partial charge >= 0.3 is 41.9 Å². The summed E-state index contributed by atoms with van der Waals surface area (Å²) in [6.07, 6.45) is -9.74. The normalized spacial score (nSPS) is 12.5. The molecule has 0 aliphatic carbocycles. The molecule has 0 fully saturated rings. The van der Waals surface area contributed by atoms with Crippen LogP contribution in [0.2, 0.25) is 0 Å². The van der Waals surface area contributed by atoms with Crippen molar-refractivity contribution in [3.63, 3.8) is 0 Å². The minimum atomic E-state index is -4.98. The molecule has 0 amide bonds. The second-order valence-corrected chi connectivity index (χ2v) is 9.85. The second-order valence-electron chi connectivity index (χ2n) is 6.32. The molecule has 0 atom stereocenters. The zero-order valence-corrected chi connectivity index (χ0v) is 20.0. The van der Waals surface area contributed by atoms with Gasteiger partial charge in [0, 0.05) is 0 Å². The Labute approximate surface area is 203 Å². The average Bonchev–Trinajstić information content (AvgIpc) is 2.67. The van der Waals surface area contributed by atoms with E-state index in [4.69, 9.17) is 0 Å². The summed E-state index contributed by atoms with van der Waals surface area (Å²) < 4.78 is 116. The molecule has 0 saturated carbocycles. The number of rotatable bonds is 4. The van der Waals surface area contributed by atoms with Crippen LogP contribution in [0.3, 0.4) is 0 Å². The Bertz CT molecular complexity index is 1150. The van der Waals surface area contributed by atoms with Gasteiger partial charge in [0.1, 0.15) is 10.1 Å². The van der Waals surface area contributed by atoms with Crippen LogP contribution >= 0.6 is 7.92 Å². The van der Waals surface area contributed by atoms with Crippen molar-refractivity contribution in [1.29, 1.82) is 0 Å². The van der Waals surface area contributed by atoms with Crippen LogP contribution in [0.5, 0.6) is 0 Å². The van der Waals surface area contributed by atoms with Crippen LogP contribution in [0.1, 0.15) is 11.1 Å². The first-order valence-corrected chi connectivity index (χ1v) is 11.2. The van der Waals surface area contributed by atoms with Crippen molar-refractivity contribution in [2.24, 2.45) is 0 Å². The topological polar surface area (TPSA) is 57.2 Å². The minimum absolute atomic E-state index is 0. The molecule has 0 unspecified atom stereocenters. The quantitative estimate of drug-likeness (QED) is 0.236. The van der Waals surface area contributed by atoms with Crippen molar-refractivity contribution in [2.45, 2.75) is 17.2 Å². The van der Waals surface area contributed by atoms with Crippen LogP contribution in [0.4, 0.5) is 26.3 Å². The van der Waals surface area contributed by atoms with Gasteiger partial charge in [0.25, 0.3) is 0 Å². The monoisotopic (exact) mass is 500 g/mol. The summed E-state index contributed by atoms with van der Waals surface area (Å²) in [5.41, 5.74) is -2.29. The first kappa shape index (κ1) is 26.8. The van der Waals surface area contributed by atoms with Gasteiger partial charge in [-0.15, -0.1) is 0 Å². The van der Waals surface area contributed by atoms with Gasteiger partial charge in [0.15, 0.2) is 0 Å². The van der Waals surface area contributed by atoms with Crippen molar-refractivity contribution < 1.29 is 68.9 Å². The van der Waals surface area contributed by atoms with Crippen LogP contribution in [0, 0.1) is 0 Å². The van der Waals surface area contributed by atoms with Crippen LogP contribution < -0.4 is 45.5 Å². The predicted octanol–water partition coefficient (Wildman–Crippen LogP) is 1.39. The van der Waals surface area contributed by atoms with Crippen molar-refractivity contribution in [3.05, 3.63) is 83.9 Å². The molecule has 0 heterocycles. The molecule has 0 N–H and O–H groups in total. The summed E-state index contributed by atoms with van der Waals surface area (Å²) in [7, 11) is -7.51. The van der Waals surface area contributed by atoms with E-state index in [2.05, 4.69) is 0 Å². The van der Waals surface area contributed by atoms with E-state index in [9.17, 15) is 39.3 Å². The summed E-state index contributed by atoms with van der Waals surface area (Å²) in [5, 5.41) is -1.02. The molecule has 0 radical (unpaired) electrons. The predicted molar refractivity (Wildman–Crippen MR) is 103 cm³/mol. The van der Waals surface area contributed by atoms with Crippen molar-refractivity contribution >= 4 is 34.0 Å². The van der Waals surface area contributed by atoms with Crippen molar-refractivity contribution in [3.8, 4) is 0 Å². The molecule has 3 rings (SSSR count). The van der Waals surface area contributed by atoms with E-state index >= 15 is 0 Å². The maximum Gasteiger partial charge on any atom is 1.00 e. The Hall–Kier alpha value is -1.42. The van der Waals surface area contributed by atoms with Gasteiger partial charge in [0.05, 0.1) is 16.0 Å². The fourth-order valence-corrected chi connectivity index (χ4v) is 6.28. The standard InChI is InChI=1S/C20H13F6O3PS.Na/c21-19(22,23)15-8-1-3-10-17(15)30(13-6-5-7-14(12-13)31(27,28)29)18-11-4-2-9-16(18)20(24,25)26;/h1-12H,(H,27,28,29);/q;+1/p-1. The van der Waals surface area contributed by atoms with Gasteiger partial charge in [-0.3, -0.25) is 0 Å².